The Kier molecular flexibility index (Phi) is 3.66. The highest BCUT2D eigenvalue weighted by Crippen LogP contribution is 2.15. The molecule has 1 aromatic rings. The van der Waals surface area contributed by atoms with Crippen LogP contribution in [0.25, 0.3) is 0 Å². The van der Waals surface area contributed by atoms with Gasteiger partial charge in [-0.1, -0.05) is 12.2 Å². The molecule has 0 spiro atoms. The van der Waals surface area contributed by atoms with Crippen LogP contribution < -0.4 is 5.73 Å². The normalized spacial score (nSPS) is 9.94. The van der Waals surface area contributed by atoms with E-state index in [-0.39, 0.29) is 11.6 Å². The predicted octanol–water partition coefficient (Wildman–Crippen LogP) is 2.06. The number of hydrogen-bond acceptors (Lipinski definition) is 2. The monoisotopic (exact) mass is 222 g/mol. The van der Waals surface area contributed by atoms with Crippen molar-refractivity contribution in [2.45, 2.75) is 6.92 Å². The van der Waals surface area contributed by atoms with Crippen molar-refractivity contribution in [3.05, 3.63) is 41.7 Å². The van der Waals surface area contributed by atoms with Gasteiger partial charge in [-0.2, -0.15) is 0 Å². The van der Waals surface area contributed by atoms with E-state index in [0.717, 1.165) is 11.6 Å². The topological polar surface area (TPSA) is 46.3 Å². The van der Waals surface area contributed by atoms with Gasteiger partial charge < -0.3 is 10.6 Å². The summed E-state index contributed by atoms with van der Waals surface area (Å²) >= 11 is 0. The third kappa shape index (κ3) is 2.82. The van der Waals surface area contributed by atoms with Crippen LogP contribution >= 0.6 is 0 Å². The molecule has 16 heavy (non-hydrogen) atoms. The van der Waals surface area contributed by atoms with Crippen LogP contribution in [-0.2, 0) is 0 Å². The van der Waals surface area contributed by atoms with E-state index in [2.05, 4.69) is 6.58 Å². The second kappa shape index (κ2) is 4.79. The zero-order valence-electron chi connectivity index (χ0n) is 9.46. The molecule has 0 saturated carbocycles. The number of nitrogens with zero attached hydrogens (tertiary/aromatic N) is 1. The van der Waals surface area contributed by atoms with Crippen molar-refractivity contribution in [3.8, 4) is 0 Å². The summed E-state index contributed by atoms with van der Waals surface area (Å²) in [5, 5.41) is 0. The average molecular weight is 222 g/mol. The van der Waals surface area contributed by atoms with Crippen molar-refractivity contribution in [2.24, 2.45) is 0 Å². The van der Waals surface area contributed by atoms with E-state index in [1.54, 1.807) is 7.05 Å². The molecule has 0 aliphatic carbocycles. The van der Waals surface area contributed by atoms with Crippen LogP contribution in [-0.4, -0.2) is 24.4 Å². The molecule has 0 aliphatic rings. The molecule has 3 nitrogen and oxygen atoms in total. The summed E-state index contributed by atoms with van der Waals surface area (Å²) in [6.45, 7) is 6.01. The second-order valence-corrected chi connectivity index (χ2v) is 3.85. The maximum atomic E-state index is 12.8. The van der Waals surface area contributed by atoms with Gasteiger partial charge in [-0.3, -0.25) is 4.79 Å². The molecule has 0 aliphatic heterocycles. The van der Waals surface area contributed by atoms with Gasteiger partial charge in [0, 0.05) is 19.3 Å². The Bertz CT molecular complexity index is 429. The van der Waals surface area contributed by atoms with Crippen molar-refractivity contribution in [2.75, 3.05) is 19.3 Å². The van der Waals surface area contributed by atoms with Crippen molar-refractivity contribution >= 4 is 11.6 Å². The highest BCUT2D eigenvalue weighted by atomic mass is 19.1. The Labute approximate surface area is 94.4 Å². The van der Waals surface area contributed by atoms with Gasteiger partial charge in [0.25, 0.3) is 5.91 Å². The minimum Gasteiger partial charge on any atom is -0.398 e. The third-order valence-electron chi connectivity index (χ3n) is 2.10. The Morgan fingerprint density at radius 3 is 2.69 bits per heavy atom. The van der Waals surface area contributed by atoms with Gasteiger partial charge >= 0.3 is 0 Å². The molecule has 0 atom stereocenters. The summed E-state index contributed by atoms with van der Waals surface area (Å²) in [5.74, 6) is -0.683. The first-order chi connectivity index (χ1) is 7.41. The number of halogens is 1. The van der Waals surface area contributed by atoms with Crippen LogP contribution in [0.15, 0.2) is 30.4 Å². The fraction of sp³-hybridized carbons (Fsp3) is 0.250. The fourth-order valence-electron chi connectivity index (χ4n) is 1.41. The number of carbonyl (C=O) groups excluding carboxylic acids is 1. The minimum atomic E-state index is -0.448. The van der Waals surface area contributed by atoms with E-state index in [4.69, 9.17) is 5.73 Å². The van der Waals surface area contributed by atoms with Crippen LogP contribution in [0.1, 0.15) is 17.3 Å². The lowest BCUT2D eigenvalue weighted by atomic mass is 10.1. The summed E-state index contributed by atoms with van der Waals surface area (Å²) in [4.78, 5) is 13.4. The van der Waals surface area contributed by atoms with Crippen molar-refractivity contribution in [1.82, 2.24) is 4.90 Å². The summed E-state index contributed by atoms with van der Waals surface area (Å²) in [7, 11) is 1.65. The van der Waals surface area contributed by atoms with Crippen LogP contribution in [0.2, 0.25) is 0 Å². The summed E-state index contributed by atoms with van der Waals surface area (Å²) in [5.41, 5.74) is 6.91. The van der Waals surface area contributed by atoms with E-state index in [1.807, 2.05) is 6.92 Å². The van der Waals surface area contributed by atoms with E-state index in [9.17, 15) is 9.18 Å². The fourth-order valence-corrected chi connectivity index (χ4v) is 1.41. The lowest BCUT2D eigenvalue weighted by Crippen LogP contribution is -2.28. The number of benzene rings is 1. The highest BCUT2D eigenvalue weighted by Gasteiger charge is 2.14. The minimum absolute atomic E-state index is 0.151. The molecule has 4 heteroatoms. The first kappa shape index (κ1) is 12.2. The molecule has 0 unspecified atom stereocenters. The average Bonchev–Trinajstić information content (AvgIpc) is 2.15. The van der Waals surface area contributed by atoms with Gasteiger partial charge in [0.1, 0.15) is 5.82 Å². The molecule has 0 heterocycles. The summed E-state index contributed by atoms with van der Waals surface area (Å²) in [6.07, 6.45) is 0. The first-order valence-electron chi connectivity index (χ1n) is 4.86. The van der Waals surface area contributed by atoms with Crippen LogP contribution in [0.4, 0.5) is 10.1 Å². The van der Waals surface area contributed by atoms with Gasteiger partial charge in [-0.25, -0.2) is 4.39 Å². The lowest BCUT2D eigenvalue weighted by Gasteiger charge is -2.18. The third-order valence-corrected chi connectivity index (χ3v) is 2.10. The SMILES string of the molecule is C=C(C)CN(C)C(=O)c1ccc(F)cc1N. The molecule has 0 radical (unpaired) electrons. The van der Waals surface area contributed by atoms with Gasteiger partial charge in [0.15, 0.2) is 0 Å². The largest absolute Gasteiger partial charge is 0.398 e. The van der Waals surface area contributed by atoms with E-state index in [0.29, 0.717) is 12.1 Å². The molecule has 1 amide bonds. The van der Waals surface area contributed by atoms with E-state index >= 15 is 0 Å². The zero-order valence-corrected chi connectivity index (χ0v) is 9.46. The molecular formula is C12H15FN2O. The predicted molar refractivity (Wildman–Crippen MR) is 62.6 cm³/mol. The molecule has 0 fully saturated rings. The summed E-state index contributed by atoms with van der Waals surface area (Å²) in [6, 6.07) is 3.75. The number of hydrogen-bond donors (Lipinski definition) is 1. The van der Waals surface area contributed by atoms with Crippen LogP contribution in [0, 0.1) is 5.82 Å². The molecule has 0 aromatic heterocycles. The van der Waals surface area contributed by atoms with Gasteiger partial charge in [0.05, 0.1) is 5.56 Å². The molecular weight excluding hydrogens is 207 g/mol. The Hall–Kier alpha value is -1.84. The smallest absolute Gasteiger partial charge is 0.255 e. The maximum absolute atomic E-state index is 12.8. The Balaban J connectivity index is 2.92. The Morgan fingerprint density at radius 2 is 2.19 bits per heavy atom. The molecule has 2 N–H and O–H groups in total. The molecule has 0 saturated heterocycles. The molecule has 0 bridgehead atoms. The van der Waals surface area contributed by atoms with Gasteiger partial charge in [-0.05, 0) is 25.1 Å². The molecule has 1 rings (SSSR count). The van der Waals surface area contributed by atoms with Crippen molar-refractivity contribution in [1.29, 1.82) is 0 Å². The van der Waals surface area contributed by atoms with Crippen molar-refractivity contribution in [3.63, 3.8) is 0 Å². The number of likely N-dealkylation sites (N-methyl/N-ethyl adjacent to an activating group) is 1. The standard InChI is InChI=1S/C12H15FN2O/c1-8(2)7-15(3)12(16)10-5-4-9(13)6-11(10)14/h4-6H,1,7,14H2,2-3H3. The number of nitrogens with two attached hydrogens (primary N) is 1. The first-order valence-corrected chi connectivity index (χ1v) is 4.86. The Morgan fingerprint density at radius 1 is 1.56 bits per heavy atom. The molecule has 86 valence electrons. The number of amides is 1. The van der Waals surface area contributed by atoms with Crippen LogP contribution in [0.5, 0.6) is 0 Å². The van der Waals surface area contributed by atoms with Gasteiger partial charge in [-0.15, -0.1) is 0 Å². The van der Waals surface area contributed by atoms with Crippen LogP contribution in [0.3, 0.4) is 0 Å². The quantitative estimate of drug-likeness (QED) is 0.628. The zero-order chi connectivity index (χ0) is 12.3. The number of nitrogen functional groups attached to an aromatic ring is 1. The van der Waals surface area contributed by atoms with E-state index in [1.165, 1.54) is 17.0 Å². The van der Waals surface area contributed by atoms with Gasteiger partial charge in [0.2, 0.25) is 0 Å². The molecule has 1 aromatic carbocycles. The summed E-state index contributed by atoms with van der Waals surface area (Å²) < 4.78 is 12.8. The second-order valence-electron chi connectivity index (χ2n) is 3.85. The van der Waals surface area contributed by atoms with Crippen molar-refractivity contribution < 1.29 is 9.18 Å². The maximum Gasteiger partial charge on any atom is 0.255 e. The van der Waals surface area contributed by atoms with E-state index < -0.39 is 5.82 Å². The number of anilines is 1. The number of carbonyl (C=O) groups is 1. The lowest BCUT2D eigenvalue weighted by molar-refractivity contribution is 0.0808. The highest BCUT2D eigenvalue weighted by molar-refractivity contribution is 5.99. The number of rotatable bonds is 3.